The molecule has 0 aliphatic heterocycles. The number of nitrogens with one attached hydrogen (secondary N) is 1. The second kappa shape index (κ2) is 7.30. The van der Waals surface area contributed by atoms with Gasteiger partial charge in [-0.2, -0.15) is 0 Å². The number of carbonyl (C=O) groups is 1. The van der Waals surface area contributed by atoms with Gasteiger partial charge in [0.2, 0.25) is 5.91 Å². The standard InChI is InChI=1S/C9H14N6O/c10-14-13-4-1-3-12-9(16)2-6-15-7-5-11-8-15/h5,7-8H,1-4,6H2,(H,12,16). The van der Waals surface area contributed by atoms with Crippen LogP contribution in [0.2, 0.25) is 0 Å². The number of aryl methyl sites for hydroxylation is 1. The normalized spacial score (nSPS) is 9.50. The molecule has 1 aromatic rings. The van der Waals surface area contributed by atoms with E-state index in [0.29, 0.717) is 32.5 Å². The van der Waals surface area contributed by atoms with Gasteiger partial charge >= 0.3 is 0 Å². The second-order valence-corrected chi connectivity index (χ2v) is 3.21. The lowest BCUT2D eigenvalue weighted by molar-refractivity contribution is -0.121. The number of hydrogen-bond donors (Lipinski definition) is 1. The van der Waals surface area contributed by atoms with Crippen molar-refractivity contribution in [2.45, 2.75) is 19.4 Å². The fourth-order valence-corrected chi connectivity index (χ4v) is 1.16. The third-order valence-electron chi connectivity index (χ3n) is 1.98. The van der Waals surface area contributed by atoms with Crippen LogP contribution >= 0.6 is 0 Å². The van der Waals surface area contributed by atoms with Crippen LogP contribution in [-0.4, -0.2) is 28.5 Å². The first-order valence-electron chi connectivity index (χ1n) is 5.06. The number of imidazole rings is 1. The van der Waals surface area contributed by atoms with E-state index in [0.717, 1.165) is 0 Å². The van der Waals surface area contributed by atoms with E-state index in [1.54, 1.807) is 12.5 Å². The lowest BCUT2D eigenvalue weighted by Crippen LogP contribution is -2.25. The first kappa shape index (κ1) is 12.1. The number of azide groups is 1. The van der Waals surface area contributed by atoms with Gasteiger partial charge in [0, 0.05) is 43.4 Å². The van der Waals surface area contributed by atoms with Crippen LogP contribution in [0.4, 0.5) is 0 Å². The summed E-state index contributed by atoms with van der Waals surface area (Å²) in [4.78, 5) is 17.8. The molecule has 0 saturated heterocycles. The summed E-state index contributed by atoms with van der Waals surface area (Å²) in [6, 6.07) is 0. The molecule has 0 aliphatic rings. The van der Waals surface area contributed by atoms with Gasteiger partial charge in [-0.25, -0.2) is 4.98 Å². The Bertz CT molecular complexity index is 354. The number of amides is 1. The van der Waals surface area contributed by atoms with Crippen molar-refractivity contribution in [1.29, 1.82) is 0 Å². The number of carbonyl (C=O) groups excluding carboxylic acids is 1. The molecule has 86 valence electrons. The summed E-state index contributed by atoms with van der Waals surface area (Å²) in [5.41, 5.74) is 8.03. The van der Waals surface area contributed by atoms with Crippen LogP contribution in [0.1, 0.15) is 12.8 Å². The summed E-state index contributed by atoms with van der Waals surface area (Å²) in [6.45, 7) is 1.59. The molecule has 7 heteroatoms. The van der Waals surface area contributed by atoms with E-state index >= 15 is 0 Å². The number of nitrogens with zero attached hydrogens (tertiary/aromatic N) is 5. The molecule has 0 bridgehead atoms. The highest BCUT2D eigenvalue weighted by molar-refractivity contribution is 5.75. The molecular formula is C9H14N6O. The highest BCUT2D eigenvalue weighted by atomic mass is 16.1. The maximum atomic E-state index is 11.3. The van der Waals surface area contributed by atoms with Crippen molar-refractivity contribution in [2.24, 2.45) is 5.11 Å². The van der Waals surface area contributed by atoms with E-state index in [-0.39, 0.29) is 5.91 Å². The van der Waals surface area contributed by atoms with Crippen molar-refractivity contribution in [2.75, 3.05) is 13.1 Å². The molecule has 0 atom stereocenters. The third-order valence-corrected chi connectivity index (χ3v) is 1.98. The fourth-order valence-electron chi connectivity index (χ4n) is 1.16. The molecule has 0 fully saturated rings. The van der Waals surface area contributed by atoms with E-state index in [4.69, 9.17) is 5.53 Å². The largest absolute Gasteiger partial charge is 0.356 e. The molecule has 0 saturated carbocycles. The van der Waals surface area contributed by atoms with Gasteiger partial charge in [-0.3, -0.25) is 4.79 Å². The highest BCUT2D eigenvalue weighted by Gasteiger charge is 2.00. The number of rotatable bonds is 7. The van der Waals surface area contributed by atoms with E-state index in [9.17, 15) is 4.79 Å². The molecule has 1 N–H and O–H groups in total. The molecule has 1 amide bonds. The predicted molar refractivity (Wildman–Crippen MR) is 58.5 cm³/mol. The van der Waals surface area contributed by atoms with Gasteiger partial charge in [0.05, 0.1) is 6.33 Å². The van der Waals surface area contributed by atoms with E-state index in [1.165, 1.54) is 0 Å². The van der Waals surface area contributed by atoms with Crippen LogP contribution in [0.25, 0.3) is 10.4 Å². The Hall–Kier alpha value is -2.01. The van der Waals surface area contributed by atoms with E-state index in [1.807, 2.05) is 10.8 Å². The van der Waals surface area contributed by atoms with Gasteiger partial charge in [0.25, 0.3) is 0 Å². The lowest BCUT2D eigenvalue weighted by Gasteiger charge is -2.04. The smallest absolute Gasteiger partial charge is 0.221 e. The van der Waals surface area contributed by atoms with Crippen molar-refractivity contribution in [3.8, 4) is 0 Å². The van der Waals surface area contributed by atoms with Crippen molar-refractivity contribution in [1.82, 2.24) is 14.9 Å². The summed E-state index contributed by atoms with van der Waals surface area (Å²) >= 11 is 0. The predicted octanol–water partition coefficient (Wildman–Crippen LogP) is 1.09. The second-order valence-electron chi connectivity index (χ2n) is 3.21. The molecule has 0 aromatic carbocycles. The molecule has 1 rings (SSSR count). The lowest BCUT2D eigenvalue weighted by atomic mass is 10.3. The van der Waals surface area contributed by atoms with Gasteiger partial charge in [0.15, 0.2) is 0 Å². The summed E-state index contributed by atoms with van der Waals surface area (Å²) in [7, 11) is 0. The molecular weight excluding hydrogens is 208 g/mol. The van der Waals surface area contributed by atoms with Crippen LogP contribution in [-0.2, 0) is 11.3 Å². The van der Waals surface area contributed by atoms with Gasteiger partial charge < -0.3 is 9.88 Å². The van der Waals surface area contributed by atoms with Gasteiger partial charge in [-0.1, -0.05) is 5.11 Å². The van der Waals surface area contributed by atoms with E-state index in [2.05, 4.69) is 20.3 Å². The first-order valence-corrected chi connectivity index (χ1v) is 5.06. The Labute approximate surface area is 93.1 Å². The highest BCUT2D eigenvalue weighted by Crippen LogP contribution is 1.90. The van der Waals surface area contributed by atoms with Crippen molar-refractivity contribution >= 4 is 5.91 Å². The third kappa shape index (κ3) is 5.02. The van der Waals surface area contributed by atoms with Crippen molar-refractivity contribution in [3.63, 3.8) is 0 Å². The van der Waals surface area contributed by atoms with Crippen molar-refractivity contribution in [3.05, 3.63) is 29.2 Å². The molecule has 1 aromatic heterocycles. The zero-order valence-corrected chi connectivity index (χ0v) is 8.91. The minimum atomic E-state index is -0.00497. The van der Waals surface area contributed by atoms with Crippen LogP contribution in [0, 0.1) is 0 Å². The Morgan fingerprint density at radius 1 is 1.62 bits per heavy atom. The van der Waals surface area contributed by atoms with E-state index < -0.39 is 0 Å². The summed E-state index contributed by atoms with van der Waals surface area (Å²) in [5.74, 6) is -0.00497. The Morgan fingerprint density at radius 2 is 2.50 bits per heavy atom. The minimum Gasteiger partial charge on any atom is -0.356 e. The van der Waals surface area contributed by atoms with Crippen LogP contribution < -0.4 is 5.32 Å². The van der Waals surface area contributed by atoms with Crippen LogP contribution in [0.3, 0.4) is 0 Å². The SMILES string of the molecule is [N-]=[N+]=NCCCNC(=O)CCn1ccnc1. The summed E-state index contributed by atoms with van der Waals surface area (Å²) < 4.78 is 1.85. The molecule has 0 spiro atoms. The maximum absolute atomic E-state index is 11.3. The van der Waals surface area contributed by atoms with Gasteiger partial charge in [-0.15, -0.1) is 0 Å². The Balaban J connectivity index is 2.05. The van der Waals surface area contributed by atoms with Gasteiger partial charge in [-0.05, 0) is 12.0 Å². The molecule has 16 heavy (non-hydrogen) atoms. The molecule has 0 radical (unpaired) electrons. The number of aromatic nitrogens is 2. The quantitative estimate of drug-likeness (QED) is 0.323. The topological polar surface area (TPSA) is 95.7 Å². The zero-order chi connectivity index (χ0) is 11.6. The summed E-state index contributed by atoms with van der Waals surface area (Å²) in [6.07, 6.45) is 6.26. The Kier molecular flexibility index (Phi) is 5.51. The Morgan fingerprint density at radius 3 is 3.19 bits per heavy atom. The van der Waals surface area contributed by atoms with Crippen LogP contribution in [0.15, 0.2) is 23.8 Å². The van der Waals surface area contributed by atoms with Crippen LogP contribution in [0.5, 0.6) is 0 Å². The van der Waals surface area contributed by atoms with Gasteiger partial charge in [0.1, 0.15) is 0 Å². The molecule has 7 nitrogen and oxygen atoms in total. The average Bonchev–Trinajstić information content (AvgIpc) is 2.79. The zero-order valence-electron chi connectivity index (χ0n) is 8.91. The molecule has 0 aliphatic carbocycles. The monoisotopic (exact) mass is 222 g/mol. The summed E-state index contributed by atoms with van der Waals surface area (Å²) in [5, 5.41) is 6.12. The molecule has 0 unspecified atom stereocenters. The average molecular weight is 222 g/mol. The number of hydrogen-bond acceptors (Lipinski definition) is 3. The maximum Gasteiger partial charge on any atom is 0.221 e. The first-order chi connectivity index (χ1) is 7.83. The fraction of sp³-hybridized carbons (Fsp3) is 0.556. The minimum absolute atomic E-state index is 0.00497. The van der Waals surface area contributed by atoms with Crippen molar-refractivity contribution < 1.29 is 4.79 Å². The molecule has 1 heterocycles.